The normalized spacial score (nSPS) is 19.6. The quantitative estimate of drug-likeness (QED) is 0.120. The number of methoxy groups -OCH3 is 1. The van der Waals surface area contributed by atoms with Gasteiger partial charge >= 0.3 is 0 Å². The van der Waals surface area contributed by atoms with Gasteiger partial charge in [0, 0.05) is 61.2 Å². The van der Waals surface area contributed by atoms with E-state index in [0.29, 0.717) is 46.4 Å². The van der Waals surface area contributed by atoms with Crippen LogP contribution in [0, 0.1) is 17.7 Å². The van der Waals surface area contributed by atoms with Crippen molar-refractivity contribution < 1.29 is 14.2 Å². The van der Waals surface area contributed by atoms with Crippen molar-refractivity contribution in [2.45, 2.75) is 37.8 Å². The molecule has 2 saturated heterocycles. The third-order valence-electron chi connectivity index (χ3n) is 10.3. The number of aliphatic hydroxyl groups excluding tert-OH is 1. The number of aromatic nitrogens is 8. The van der Waals surface area contributed by atoms with Gasteiger partial charge in [-0.3, -0.25) is 14.6 Å². The maximum atomic E-state index is 14.7. The lowest BCUT2D eigenvalue weighted by Crippen LogP contribution is -2.50. The fraction of sp³-hybridized carbons (Fsp3) is 0.395. The summed E-state index contributed by atoms with van der Waals surface area (Å²) in [5.74, 6) is 1.59. The summed E-state index contributed by atoms with van der Waals surface area (Å²) in [7, 11) is 1.44. The van der Waals surface area contributed by atoms with Gasteiger partial charge in [-0.25, -0.2) is 24.3 Å². The zero-order valence-electron chi connectivity index (χ0n) is 29.5. The van der Waals surface area contributed by atoms with Gasteiger partial charge in [0.15, 0.2) is 23.2 Å². The van der Waals surface area contributed by atoms with Crippen LogP contribution in [0.4, 0.5) is 16.0 Å². The van der Waals surface area contributed by atoms with E-state index in [0.717, 1.165) is 61.3 Å². The van der Waals surface area contributed by atoms with Crippen molar-refractivity contribution >= 4 is 33.7 Å². The molecule has 4 atom stereocenters. The van der Waals surface area contributed by atoms with Crippen LogP contribution in [-0.4, -0.2) is 97.3 Å². The van der Waals surface area contributed by atoms with E-state index in [2.05, 4.69) is 41.2 Å². The summed E-state index contributed by atoms with van der Waals surface area (Å²) in [6.07, 6.45) is 14.6. The van der Waals surface area contributed by atoms with Crippen molar-refractivity contribution in [1.82, 2.24) is 50.3 Å². The molecule has 0 amide bonds. The van der Waals surface area contributed by atoms with E-state index in [9.17, 15) is 9.50 Å². The molecule has 53 heavy (non-hydrogen) atoms. The Labute approximate surface area is 306 Å². The number of hydrogen-bond donors (Lipinski definition) is 5. The molecule has 274 valence electrons. The van der Waals surface area contributed by atoms with Gasteiger partial charge in [-0.1, -0.05) is 0 Å². The zero-order chi connectivity index (χ0) is 36.1. The zero-order valence-corrected chi connectivity index (χ0v) is 29.5. The van der Waals surface area contributed by atoms with E-state index in [1.54, 1.807) is 49.2 Å². The molecule has 0 bridgehead atoms. The van der Waals surface area contributed by atoms with Gasteiger partial charge in [0.2, 0.25) is 0 Å². The first-order chi connectivity index (χ1) is 26.1. The second-order valence-electron chi connectivity index (χ2n) is 13.7. The molecular weight excluding hydrogens is 675 g/mol. The molecule has 2 aliphatic rings. The summed E-state index contributed by atoms with van der Waals surface area (Å²) in [4.78, 5) is 28.1. The molecule has 0 spiro atoms. The van der Waals surface area contributed by atoms with E-state index < -0.39 is 5.82 Å². The number of nitrogens with one attached hydrogen (secondary N) is 4. The highest BCUT2D eigenvalue weighted by Gasteiger charge is 2.33. The predicted molar refractivity (Wildman–Crippen MR) is 201 cm³/mol. The van der Waals surface area contributed by atoms with Crippen LogP contribution in [0.3, 0.4) is 0 Å². The number of piperidine rings is 2. The van der Waals surface area contributed by atoms with Crippen LogP contribution in [0.1, 0.15) is 31.7 Å². The highest BCUT2D eigenvalue weighted by molar-refractivity contribution is 5.89. The van der Waals surface area contributed by atoms with Gasteiger partial charge in [0.1, 0.15) is 11.0 Å². The Kier molecular flexibility index (Phi) is 10.3. The average molecular weight is 719 g/mol. The van der Waals surface area contributed by atoms with Crippen LogP contribution in [0.2, 0.25) is 0 Å². The molecule has 1 aromatic carbocycles. The summed E-state index contributed by atoms with van der Waals surface area (Å²) in [5.41, 5.74) is 5.47. The molecule has 5 N–H and O–H groups in total. The highest BCUT2D eigenvalue weighted by atomic mass is 19.1. The predicted octanol–water partition coefficient (Wildman–Crippen LogP) is 4.47. The lowest BCUT2D eigenvalue weighted by Gasteiger charge is -2.37. The van der Waals surface area contributed by atoms with E-state index in [4.69, 9.17) is 19.8 Å². The number of anilines is 2. The lowest BCUT2D eigenvalue weighted by atomic mass is 9.86. The molecule has 2 fully saturated rings. The molecule has 7 heterocycles. The first-order valence-electron chi connectivity index (χ1n) is 18.2. The largest absolute Gasteiger partial charge is 0.494 e. The smallest absolute Gasteiger partial charge is 0.165 e. The van der Waals surface area contributed by atoms with Crippen LogP contribution >= 0.6 is 0 Å². The highest BCUT2D eigenvalue weighted by Crippen LogP contribution is 2.32. The number of benzene rings is 1. The topological polar surface area (TPSA) is 173 Å². The molecule has 8 rings (SSSR count). The van der Waals surface area contributed by atoms with Gasteiger partial charge in [-0.05, 0) is 87.5 Å². The second-order valence-corrected chi connectivity index (χ2v) is 13.7. The van der Waals surface area contributed by atoms with Crippen molar-refractivity contribution in [3.63, 3.8) is 0 Å². The summed E-state index contributed by atoms with van der Waals surface area (Å²) < 4.78 is 21.6. The Balaban J connectivity index is 1.03. The average Bonchev–Trinajstić information content (AvgIpc) is 3.70. The number of aliphatic hydroxyl groups is 1. The summed E-state index contributed by atoms with van der Waals surface area (Å²) in [6, 6.07) is 8.07. The lowest BCUT2D eigenvalue weighted by molar-refractivity contribution is 0.136. The van der Waals surface area contributed by atoms with Crippen molar-refractivity contribution in [2.24, 2.45) is 11.8 Å². The Morgan fingerprint density at radius 3 is 2.26 bits per heavy atom. The first kappa shape index (κ1) is 34.7. The van der Waals surface area contributed by atoms with Gasteiger partial charge in [0.25, 0.3) is 0 Å². The molecule has 6 aromatic rings. The molecule has 0 radical (unpaired) electrons. The number of ether oxygens (including phenoxy) is 1. The Hall–Kier alpha value is -5.38. The molecule has 15 heteroatoms. The molecule has 4 unspecified atom stereocenters. The van der Waals surface area contributed by atoms with E-state index in [-0.39, 0.29) is 30.4 Å². The Bertz CT molecular complexity index is 2190. The van der Waals surface area contributed by atoms with Crippen LogP contribution in [-0.2, 0) is 0 Å². The molecule has 14 nitrogen and oxygen atoms in total. The summed E-state index contributed by atoms with van der Waals surface area (Å²) in [5, 5.41) is 29.8. The van der Waals surface area contributed by atoms with Gasteiger partial charge < -0.3 is 31.1 Å². The third-order valence-corrected chi connectivity index (χ3v) is 10.3. The Morgan fingerprint density at radius 1 is 0.887 bits per heavy atom. The number of nitrogens with zero attached hydrogens (tertiary/aromatic N) is 8. The minimum atomic E-state index is -0.469. The molecule has 5 aromatic heterocycles. The van der Waals surface area contributed by atoms with Crippen molar-refractivity contribution in [3.05, 3.63) is 73.3 Å². The molecular formula is C38H43FN12O2. The standard InChI is InChI=1S/C38H43FN12O2/c1-53-33-7-6-24(14-27(33)39)28-15-30-36(45-13-10-41-30)38(49-28)47-19-25-5-3-9-43-34(25)32(22-52)51-21-26(20-48-51)29-16-31-35(44-12-11-42-31)37(50-29)46-18-23-4-2-8-40-17-23/h6-7,10-16,20-21,23,25,32,34,40,43,52H,2-5,8-9,17-19,22H2,1H3,(H,46,50)(H,47,49). The minimum Gasteiger partial charge on any atom is -0.494 e. The second kappa shape index (κ2) is 15.7. The van der Waals surface area contributed by atoms with Gasteiger partial charge in [-0.15, -0.1) is 0 Å². The first-order valence-corrected chi connectivity index (χ1v) is 18.2. The number of halogens is 1. The maximum Gasteiger partial charge on any atom is 0.165 e. The SMILES string of the molecule is COc1ccc(-c2cc3nccnc3c(NCC3CCCNC3C(CO)n3cc(-c4cc5nccnc5c(NCC5CCCNC5)n4)cn3)n2)cc1F. The van der Waals surface area contributed by atoms with Crippen molar-refractivity contribution in [2.75, 3.05) is 57.1 Å². The Morgan fingerprint density at radius 2 is 1.58 bits per heavy atom. The van der Waals surface area contributed by atoms with Crippen LogP contribution in [0.25, 0.3) is 44.6 Å². The van der Waals surface area contributed by atoms with Crippen molar-refractivity contribution in [1.29, 1.82) is 0 Å². The summed E-state index contributed by atoms with van der Waals surface area (Å²) in [6.45, 7) is 4.11. The molecule has 0 saturated carbocycles. The summed E-state index contributed by atoms with van der Waals surface area (Å²) >= 11 is 0. The van der Waals surface area contributed by atoms with Crippen LogP contribution in [0.5, 0.6) is 5.75 Å². The van der Waals surface area contributed by atoms with E-state index in [1.165, 1.54) is 26.0 Å². The number of pyridine rings is 2. The fourth-order valence-corrected chi connectivity index (χ4v) is 7.55. The third kappa shape index (κ3) is 7.45. The number of rotatable bonds is 12. The monoisotopic (exact) mass is 718 g/mol. The maximum absolute atomic E-state index is 14.7. The molecule has 2 aliphatic heterocycles. The fourth-order valence-electron chi connectivity index (χ4n) is 7.55. The minimum absolute atomic E-state index is 0.0954. The van der Waals surface area contributed by atoms with Crippen molar-refractivity contribution in [3.8, 4) is 28.3 Å². The van der Waals surface area contributed by atoms with E-state index in [1.807, 2.05) is 16.9 Å². The van der Waals surface area contributed by atoms with E-state index >= 15 is 0 Å². The number of hydrogen-bond acceptors (Lipinski definition) is 13. The van der Waals surface area contributed by atoms with Crippen LogP contribution < -0.4 is 26.0 Å². The van der Waals surface area contributed by atoms with Crippen LogP contribution in [0.15, 0.2) is 67.5 Å². The number of fused-ring (bicyclic) bond motifs is 2. The van der Waals surface area contributed by atoms with Gasteiger partial charge in [-0.2, -0.15) is 5.10 Å². The van der Waals surface area contributed by atoms with Gasteiger partial charge in [0.05, 0.1) is 48.4 Å². The molecule has 0 aliphatic carbocycles.